The molecule has 0 fully saturated rings. The maximum absolute atomic E-state index is 12.5. The van der Waals surface area contributed by atoms with E-state index in [9.17, 15) is 9.59 Å². The van der Waals surface area contributed by atoms with Gasteiger partial charge in [0.1, 0.15) is 11.4 Å². The molecule has 3 aromatic rings. The number of pyridine rings is 1. The van der Waals surface area contributed by atoms with E-state index in [1.54, 1.807) is 42.5 Å². The topological polar surface area (TPSA) is 71.1 Å². The zero-order valence-corrected chi connectivity index (χ0v) is 15.4. The fourth-order valence-electron chi connectivity index (χ4n) is 2.54. The second-order valence-electron chi connectivity index (χ2n) is 5.98. The van der Waals surface area contributed by atoms with Crippen molar-refractivity contribution in [1.82, 2.24) is 10.3 Å². The van der Waals surface area contributed by atoms with Crippen molar-refractivity contribution in [2.45, 2.75) is 13.0 Å². The molecule has 3 rings (SSSR count). The minimum Gasteiger partial charge on any atom is -0.344 e. The van der Waals surface area contributed by atoms with Crippen LogP contribution in [-0.2, 0) is 0 Å². The molecule has 2 aromatic carbocycles. The van der Waals surface area contributed by atoms with E-state index in [4.69, 9.17) is 11.6 Å². The quantitative estimate of drug-likeness (QED) is 0.686. The Labute approximate surface area is 162 Å². The summed E-state index contributed by atoms with van der Waals surface area (Å²) in [6.45, 7) is 1.89. The highest BCUT2D eigenvalue weighted by atomic mass is 35.5. The van der Waals surface area contributed by atoms with Gasteiger partial charge in [-0.3, -0.25) is 9.59 Å². The molecule has 1 atom stereocenters. The number of nitrogens with zero attached hydrogens (tertiary/aromatic N) is 1. The molecule has 0 saturated carbocycles. The summed E-state index contributed by atoms with van der Waals surface area (Å²) in [6, 6.07) is 21.0. The largest absolute Gasteiger partial charge is 0.344 e. The van der Waals surface area contributed by atoms with Crippen LogP contribution in [0.3, 0.4) is 0 Å². The van der Waals surface area contributed by atoms with Crippen molar-refractivity contribution >= 4 is 29.1 Å². The van der Waals surface area contributed by atoms with Crippen LogP contribution in [0.2, 0.25) is 5.02 Å². The number of hydrogen-bond donors (Lipinski definition) is 2. The van der Waals surface area contributed by atoms with E-state index in [2.05, 4.69) is 15.6 Å². The Morgan fingerprint density at radius 2 is 1.56 bits per heavy atom. The van der Waals surface area contributed by atoms with E-state index in [0.29, 0.717) is 10.7 Å². The predicted octanol–water partition coefficient (Wildman–Crippen LogP) is 4.48. The Bertz CT molecular complexity index is 960. The minimum absolute atomic E-state index is 0.148. The third-order valence-corrected chi connectivity index (χ3v) is 4.18. The number of carbonyl (C=O) groups is 2. The highest BCUT2D eigenvalue weighted by Gasteiger charge is 2.15. The third kappa shape index (κ3) is 4.92. The van der Waals surface area contributed by atoms with E-state index in [-0.39, 0.29) is 23.3 Å². The number of aromatic nitrogens is 1. The lowest BCUT2D eigenvalue weighted by Gasteiger charge is -2.14. The van der Waals surface area contributed by atoms with Crippen LogP contribution < -0.4 is 10.6 Å². The Balaban J connectivity index is 1.71. The molecule has 136 valence electrons. The van der Waals surface area contributed by atoms with Crippen LogP contribution in [0.15, 0.2) is 72.8 Å². The number of amides is 2. The maximum atomic E-state index is 12.5. The van der Waals surface area contributed by atoms with Crippen molar-refractivity contribution < 1.29 is 9.59 Å². The molecule has 0 aliphatic heterocycles. The number of hydrogen-bond acceptors (Lipinski definition) is 3. The average molecular weight is 380 g/mol. The summed E-state index contributed by atoms with van der Waals surface area (Å²) in [4.78, 5) is 29.1. The van der Waals surface area contributed by atoms with Crippen molar-refractivity contribution in [2.75, 3.05) is 5.32 Å². The molecule has 0 aliphatic carbocycles. The van der Waals surface area contributed by atoms with Gasteiger partial charge in [0, 0.05) is 10.7 Å². The van der Waals surface area contributed by atoms with Crippen molar-refractivity contribution in [3.63, 3.8) is 0 Å². The molecule has 5 nitrogen and oxygen atoms in total. The molecule has 27 heavy (non-hydrogen) atoms. The first kappa shape index (κ1) is 18.6. The van der Waals surface area contributed by atoms with Gasteiger partial charge < -0.3 is 10.6 Å². The number of carbonyl (C=O) groups excluding carboxylic acids is 2. The van der Waals surface area contributed by atoms with Crippen LogP contribution in [-0.4, -0.2) is 16.8 Å². The van der Waals surface area contributed by atoms with Gasteiger partial charge in [0.15, 0.2) is 0 Å². The fourth-order valence-corrected chi connectivity index (χ4v) is 2.73. The summed E-state index contributed by atoms with van der Waals surface area (Å²) in [7, 11) is 0. The van der Waals surface area contributed by atoms with E-state index in [0.717, 1.165) is 5.56 Å². The average Bonchev–Trinajstić information content (AvgIpc) is 2.68. The van der Waals surface area contributed by atoms with Gasteiger partial charge in [-0.1, -0.05) is 54.1 Å². The van der Waals surface area contributed by atoms with Crippen molar-refractivity contribution in [3.8, 4) is 0 Å². The molecule has 0 spiro atoms. The van der Waals surface area contributed by atoms with Gasteiger partial charge in [-0.2, -0.15) is 0 Å². The number of nitrogens with one attached hydrogen (secondary N) is 2. The highest BCUT2D eigenvalue weighted by molar-refractivity contribution is 6.30. The first-order valence-corrected chi connectivity index (χ1v) is 8.80. The first-order chi connectivity index (χ1) is 13.0. The smallest absolute Gasteiger partial charge is 0.274 e. The normalized spacial score (nSPS) is 11.5. The monoisotopic (exact) mass is 379 g/mol. The molecule has 1 aromatic heterocycles. The summed E-state index contributed by atoms with van der Waals surface area (Å²) in [5.41, 5.74) is 1.87. The van der Waals surface area contributed by atoms with Crippen molar-refractivity contribution in [1.29, 1.82) is 0 Å². The van der Waals surface area contributed by atoms with E-state index in [1.807, 2.05) is 37.3 Å². The van der Waals surface area contributed by atoms with Gasteiger partial charge >= 0.3 is 0 Å². The minimum atomic E-state index is -0.414. The summed E-state index contributed by atoms with van der Waals surface area (Å²) in [5, 5.41) is 6.12. The van der Waals surface area contributed by atoms with Crippen LogP contribution in [0.1, 0.15) is 39.5 Å². The molecular weight excluding hydrogens is 362 g/mol. The van der Waals surface area contributed by atoms with Gasteiger partial charge in [0.25, 0.3) is 11.8 Å². The summed E-state index contributed by atoms with van der Waals surface area (Å²) < 4.78 is 0. The SMILES string of the molecule is CC(NC(=O)c1cccc(C(=O)Nc2cccc(Cl)c2)n1)c1ccccc1. The lowest BCUT2D eigenvalue weighted by Crippen LogP contribution is -2.28. The lowest BCUT2D eigenvalue weighted by molar-refractivity contribution is 0.0934. The standard InChI is InChI=1S/C21H18ClN3O2/c1-14(15-7-3-2-4-8-15)23-20(26)18-11-6-12-19(25-18)21(27)24-17-10-5-9-16(22)13-17/h2-14H,1H3,(H,23,26)(H,24,27). The molecule has 0 bridgehead atoms. The van der Waals surface area contributed by atoms with Crippen LogP contribution in [0.25, 0.3) is 0 Å². The van der Waals surface area contributed by atoms with Crippen LogP contribution in [0.4, 0.5) is 5.69 Å². The predicted molar refractivity (Wildman–Crippen MR) is 106 cm³/mol. The number of anilines is 1. The fraction of sp³-hybridized carbons (Fsp3) is 0.0952. The highest BCUT2D eigenvalue weighted by Crippen LogP contribution is 2.16. The molecule has 2 N–H and O–H groups in total. The van der Waals surface area contributed by atoms with Gasteiger partial charge in [-0.15, -0.1) is 0 Å². The molecule has 0 radical (unpaired) electrons. The second-order valence-corrected chi connectivity index (χ2v) is 6.41. The van der Waals surface area contributed by atoms with E-state index < -0.39 is 5.91 Å². The molecular formula is C21H18ClN3O2. The first-order valence-electron chi connectivity index (χ1n) is 8.43. The van der Waals surface area contributed by atoms with Crippen LogP contribution in [0.5, 0.6) is 0 Å². The number of benzene rings is 2. The number of rotatable bonds is 5. The van der Waals surface area contributed by atoms with Gasteiger partial charge in [0.05, 0.1) is 6.04 Å². The zero-order chi connectivity index (χ0) is 19.2. The Morgan fingerprint density at radius 1 is 0.889 bits per heavy atom. The van der Waals surface area contributed by atoms with Crippen LogP contribution in [0, 0.1) is 0 Å². The maximum Gasteiger partial charge on any atom is 0.274 e. The summed E-state index contributed by atoms with van der Waals surface area (Å²) in [5.74, 6) is -0.758. The Kier molecular flexibility index (Phi) is 5.84. The van der Waals surface area contributed by atoms with Crippen molar-refractivity contribution in [2.24, 2.45) is 0 Å². The zero-order valence-electron chi connectivity index (χ0n) is 14.6. The molecule has 0 aliphatic rings. The summed E-state index contributed by atoms with van der Waals surface area (Å²) >= 11 is 5.92. The summed E-state index contributed by atoms with van der Waals surface area (Å²) in [6.07, 6.45) is 0. The van der Waals surface area contributed by atoms with Crippen molar-refractivity contribution in [3.05, 3.63) is 94.8 Å². The molecule has 6 heteroatoms. The number of halogens is 1. The second kappa shape index (κ2) is 8.47. The lowest BCUT2D eigenvalue weighted by atomic mass is 10.1. The van der Waals surface area contributed by atoms with Gasteiger partial charge in [-0.25, -0.2) is 4.98 Å². The molecule has 0 saturated heterocycles. The molecule has 1 unspecified atom stereocenters. The van der Waals surface area contributed by atoms with E-state index >= 15 is 0 Å². The molecule has 1 heterocycles. The van der Waals surface area contributed by atoms with Gasteiger partial charge in [0.2, 0.25) is 0 Å². The van der Waals surface area contributed by atoms with Crippen LogP contribution >= 0.6 is 11.6 Å². The molecule has 2 amide bonds. The van der Waals surface area contributed by atoms with Gasteiger partial charge in [-0.05, 0) is 42.8 Å². The van der Waals surface area contributed by atoms with E-state index in [1.165, 1.54) is 0 Å². The Hall–Kier alpha value is -3.18. The third-order valence-electron chi connectivity index (χ3n) is 3.94. The Morgan fingerprint density at radius 3 is 2.26 bits per heavy atom.